The maximum absolute atomic E-state index is 12.9. The van der Waals surface area contributed by atoms with Gasteiger partial charge < -0.3 is 14.7 Å². The molecule has 4 rings (SSSR count). The number of nitrogens with zero attached hydrogens (tertiary/aromatic N) is 3. The molecule has 0 radical (unpaired) electrons. The number of aromatic nitrogens is 2. The monoisotopic (exact) mass is 483 g/mol. The van der Waals surface area contributed by atoms with Crippen LogP contribution < -0.4 is 14.8 Å². The first-order valence-electron chi connectivity index (χ1n) is 10.3. The maximum atomic E-state index is 12.9. The highest BCUT2D eigenvalue weighted by molar-refractivity contribution is 7.15. The SMILES string of the molecule is CCCN(C)C(=O)c1ccc(-c2cn3c(=O)c(=Cc4cc(Cl)c(O)c(OC)c4)sc3n2)cc1. The van der Waals surface area contributed by atoms with Crippen LogP contribution in [0.15, 0.2) is 47.4 Å². The Hall–Kier alpha value is -3.36. The molecule has 9 heteroatoms. The van der Waals surface area contributed by atoms with Crippen molar-refractivity contribution in [1.82, 2.24) is 14.3 Å². The summed E-state index contributed by atoms with van der Waals surface area (Å²) in [7, 11) is 3.22. The van der Waals surface area contributed by atoms with Gasteiger partial charge in [-0.15, -0.1) is 0 Å². The van der Waals surface area contributed by atoms with Gasteiger partial charge in [-0.05, 0) is 42.3 Å². The molecule has 4 aromatic rings. The van der Waals surface area contributed by atoms with Crippen LogP contribution in [0.25, 0.3) is 22.3 Å². The number of carbonyl (C=O) groups is 1. The predicted octanol–water partition coefficient (Wildman–Crippen LogP) is 3.82. The molecule has 0 atom stereocenters. The van der Waals surface area contributed by atoms with Gasteiger partial charge in [-0.25, -0.2) is 4.98 Å². The fraction of sp³-hybridized carbons (Fsp3) is 0.208. The second-order valence-electron chi connectivity index (χ2n) is 7.55. The molecule has 0 spiro atoms. The topological polar surface area (TPSA) is 84.1 Å². The molecule has 2 aromatic carbocycles. The lowest BCUT2D eigenvalue weighted by Gasteiger charge is -2.16. The lowest BCUT2D eigenvalue weighted by atomic mass is 10.1. The van der Waals surface area contributed by atoms with Crippen LogP contribution in [0, 0.1) is 0 Å². The summed E-state index contributed by atoms with van der Waals surface area (Å²) >= 11 is 7.30. The zero-order valence-electron chi connectivity index (χ0n) is 18.3. The van der Waals surface area contributed by atoms with Crippen LogP contribution in [0.2, 0.25) is 5.02 Å². The van der Waals surface area contributed by atoms with Gasteiger partial charge in [0.05, 0.1) is 22.4 Å². The number of methoxy groups -OCH3 is 1. The summed E-state index contributed by atoms with van der Waals surface area (Å²) in [5.74, 6) is 0.0591. The lowest BCUT2D eigenvalue weighted by Crippen LogP contribution is -2.27. The number of imidazole rings is 1. The van der Waals surface area contributed by atoms with Crippen LogP contribution in [0.3, 0.4) is 0 Å². The van der Waals surface area contributed by atoms with Gasteiger partial charge in [-0.3, -0.25) is 14.0 Å². The molecule has 0 fully saturated rings. The first-order chi connectivity index (χ1) is 15.8. The molecule has 0 saturated heterocycles. The number of phenolic OH excluding ortho intramolecular Hbond substituents is 1. The van der Waals surface area contributed by atoms with Crippen LogP contribution in [-0.4, -0.2) is 46.0 Å². The van der Waals surface area contributed by atoms with Gasteiger partial charge in [0.15, 0.2) is 16.5 Å². The number of amides is 1. The zero-order chi connectivity index (χ0) is 23.7. The Morgan fingerprint density at radius 3 is 2.67 bits per heavy atom. The molecule has 2 heterocycles. The number of halogens is 1. The summed E-state index contributed by atoms with van der Waals surface area (Å²) in [6, 6.07) is 10.4. The second kappa shape index (κ2) is 9.25. The molecule has 1 amide bonds. The molecular weight excluding hydrogens is 462 g/mol. The van der Waals surface area contributed by atoms with Gasteiger partial charge in [-0.1, -0.05) is 42.0 Å². The molecule has 2 aromatic heterocycles. The summed E-state index contributed by atoms with van der Waals surface area (Å²) < 4.78 is 7.10. The molecule has 7 nitrogen and oxygen atoms in total. The lowest BCUT2D eigenvalue weighted by molar-refractivity contribution is 0.0795. The summed E-state index contributed by atoms with van der Waals surface area (Å²) in [4.78, 5) is 32.2. The van der Waals surface area contributed by atoms with E-state index in [0.29, 0.717) is 32.9 Å². The highest BCUT2D eigenvalue weighted by Crippen LogP contribution is 2.35. The minimum absolute atomic E-state index is 0.0257. The highest BCUT2D eigenvalue weighted by Gasteiger charge is 2.14. The van der Waals surface area contributed by atoms with Crippen molar-refractivity contribution < 1.29 is 14.6 Å². The average Bonchev–Trinajstić information content (AvgIpc) is 3.35. The van der Waals surface area contributed by atoms with E-state index < -0.39 is 0 Å². The van der Waals surface area contributed by atoms with Gasteiger partial charge in [0.2, 0.25) is 0 Å². The normalized spacial score (nSPS) is 11.8. The van der Waals surface area contributed by atoms with Gasteiger partial charge in [0.25, 0.3) is 11.5 Å². The predicted molar refractivity (Wildman–Crippen MR) is 130 cm³/mol. The van der Waals surface area contributed by atoms with Crippen molar-refractivity contribution in [2.45, 2.75) is 13.3 Å². The van der Waals surface area contributed by atoms with E-state index in [0.717, 1.165) is 12.0 Å². The standard InChI is InChI=1S/C24H22ClN3O4S/c1-4-9-27(2)22(30)16-7-5-15(6-8-16)18-13-28-23(31)20(33-24(28)26-18)12-14-10-17(25)21(29)19(11-14)32-3/h5-8,10-13,29H,4,9H2,1-3H3. The quantitative estimate of drug-likeness (QED) is 0.450. The van der Waals surface area contributed by atoms with Gasteiger partial charge >= 0.3 is 0 Å². The third-order valence-corrected chi connectivity index (χ3v) is 6.48. The number of phenols is 1. The largest absolute Gasteiger partial charge is 0.503 e. The van der Waals surface area contributed by atoms with Crippen LogP contribution in [0.5, 0.6) is 11.5 Å². The Labute approximate surface area is 199 Å². The number of rotatable bonds is 6. The van der Waals surface area contributed by atoms with Crippen molar-refractivity contribution in [3.8, 4) is 22.8 Å². The number of fused-ring (bicyclic) bond motifs is 1. The van der Waals surface area contributed by atoms with Crippen LogP contribution in [-0.2, 0) is 0 Å². The molecule has 1 N–H and O–H groups in total. The first-order valence-corrected chi connectivity index (χ1v) is 11.5. The van der Waals surface area contributed by atoms with Crippen molar-refractivity contribution in [3.05, 3.63) is 73.6 Å². The molecule has 170 valence electrons. The number of aromatic hydroxyl groups is 1. The Balaban J connectivity index is 1.65. The summed E-state index contributed by atoms with van der Waals surface area (Å²) in [5, 5.41) is 10.0. The summed E-state index contributed by atoms with van der Waals surface area (Å²) in [5.41, 5.74) is 2.51. The fourth-order valence-corrected chi connectivity index (χ4v) is 4.67. The van der Waals surface area contributed by atoms with E-state index in [4.69, 9.17) is 16.3 Å². The second-order valence-corrected chi connectivity index (χ2v) is 8.97. The smallest absolute Gasteiger partial charge is 0.274 e. The number of ether oxygens (including phenoxy) is 1. The Kier molecular flexibility index (Phi) is 6.40. The fourth-order valence-electron chi connectivity index (χ4n) is 3.50. The van der Waals surface area contributed by atoms with E-state index in [9.17, 15) is 14.7 Å². The van der Waals surface area contributed by atoms with E-state index in [-0.39, 0.29) is 28.0 Å². The van der Waals surface area contributed by atoms with Gasteiger partial charge in [0, 0.05) is 30.9 Å². The van der Waals surface area contributed by atoms with E-state index >= 15 is 0 Å². The molecule has 0 aliphatic rings. The van der Waals surface area contributed by atoms with Gasteiger partial charge in [-0.2, -0.15) is 0 Å². The minimum Gasteiger partial charge on any atom is -0.503 e. The van der Waals surface area contributed by atoms with E-state index in [1.807, 2.05) is 19.1 Å². The Morgan fingerprint density at radius 1 is 1.30 bits per heavy atom. The van der Waals surface area contributed by atoms with Crippen molar-refractivity contribution in [2.24, 2.45) is 0 Å². The van der Waals surface area contributed by atoms with Crippen molar-refractivity contribution in [2.75, 3.05) is 20.7 Å². The molecule has 0 bridgehead atoms. The van der Waals surface area contributed by atoms with E-state index in [1.165, 1.54) is 22.8 Å². The van der Waals surface area contributed by atoms with Crippen LogP contribution >= 0.6 is 22.9 Å². The van der Waals surface area contributed by atoms with Crippen LogP contribution in [0.1, 0.15) is 29.3 Å². The summed E-state index contributed by atoms with van der Waals surface area (Å²) in [6.07, 6.45) is 4.27. The Bertz CT molecular complexity index is 1440. The van der Waals surface area contributed by atoms with Crippen molar-refractivity contribution in [1.29, 1.82) is 0 Å². The number of carbonyl (C=O) groups excluding carboxylic acids is 1. The highest BCUT2D eigenvalue weighted by atomic mass is 35.5. The molecular formula is C24H22ClN3O4S. The third kappa shape index (κ3) is 4.44. The van der Waals surface area contributed by atoms with Gasteiger partial charge in [0.1, 0.15) is 0 Å². The van der Waals surface area contributed by atoms with Crippen molar-refractivity contribution >= 4 is 39.9 Å². The number of thiazole rings is 1. The minimum atomic E-state index is -0.204. The average molecular weight is 484 g/mol. The molecule has 0 unspecified atom stereocenters. The van der Waals surface area contributed by atoms with E-state index in [1.54, 1.807) is 48.5 Å². The third-order valence-electron chi connectivity index (χ3n) is 5.21. The Morgan fingerprint density at radius 2 is 2.03 bits per heavy atom. The molecule has 0 saturated carbocycles. The van der Waals surface area contributed by atoms with Crippen molar-refractivity contribution in [3.63, 3.8) is 0 Å². The molecule has 0 aliphatic carbocycles. The van der Waals surface area contributed by atoms with E-state index in [2.05, 4.69) is 4.98 Å². The van der Waals surface area contributed by atoms with Crippen LogP contribution in [0.4, 0.5) is 0 Å². The number of hydrogen-bond acceptors (Lipinski definition) is 6. The summed E-state index contributed by atoms with van der Waals surface area (Å²) in [6.45, 7) is 2.73. The maximum Gasteiger partial charge on any atom is 0.274 e. The first kappa shape index (κ1) is 22.8. The number of benzene rings is 2. The molecule has 0 aliphatic heterocycles. The number of hydrogen-bond donors (Lipinski definition) is 1. The molecule has 33 heavy (non-hydrogen) atoms. The zero-order valence-corrected chi connectivity index (χ0v) is 19.9.